The largest absolute Gasteiger partial charge is 0.416 e. The van der Waals surface area contributed by atoms with Crippen LogP contribution in [-0.2, 0) is 17.3 Å². The zero-order chi connectivity index (χ0) is 10.2. The first-order valence-electron chi connectivity index (χ1n) is 4.34. The van der Waals surface area contributed by atoms with Crippen molar-refractivity contribution in [2.24, 2.45) is 0 Å². The van der Waals surface area contributed by atoms with E-state index in [4.69, 9.17) is 4.74 Å². The molecule has 1 heterocycles. The van der Waals surface area contributed by atoms with Crippen molar-refractivity contribution in [2.75, 3.05) is 6.61 Å². The minimum atomic E-state index is -4.26. The van der Waals surface area contributed by atoms with Crippen molar-refractivity contribution >= 4 is 0 Å². The molecule has 1 saturated heterocycles. The van der Waals surface area contributed by atoms with E-state index in [1.807, 2.05) is 0 Å². The Balaban J connectivity index is 2.27. The number of alkyl halides is 3. The van der Waals surface area contributed by atoms with Crippen LogP contribution in [0.4, 0.5) is 13.2 Å². The summed E-state index contributed by atoms with van der Waals surface area (Å²) in [7, 11) is 0. The molecule has 0 saturated carbocycles. The van der Waals surface area contributed by atoms with Crippen molar-refractivity contribution in [2.45, 2.75) is 18.7 Å². The maximum absolute atomic E-state index is 12.5. The van der Waals surface area contributed by atoms with E-state index in [-0.39, 0.29) is 6.10 Å². The molecule has 0 aromatic heterocycles. The van der Waals surface area contributed by atoms with Crippen LogP contribution in [0.15, 0.2) is 24.3 Å². The first kappa shape index (κ1) is 9.52. The van der Waals surface area contributed by atoms with Gasteiger partial charge in [0.25, 0.3) is 0 Å². The molecule has 0 bridgehead atoms. The van der Waals surface area contributed by atoms with Crippen LogP contribution in [0.1, 0.15) is 11.1 Å². The van der Waals surface area contributed by atoms with Gasteiger partial charge in [-0.2, -0.15) is 13.2 Å². The molecule has 2 rings (SSSR count). The van der Waals surface area contributed by atoms with Gasteiger partial charge in [-0.05, 0) is 11.6 Å². The highest BCUT2D eigenvalue weighted by Gasteiger charge is 2.34. The fourth-order valence-corrected chi connectivity index (χ4v) is 1.41. The Bertz CT molecular complexity index is 328. The number of epoxide rings is 1. The van der Waals surface area contributed by atoms with Crippen LogP contribution in [-0.4, -0.2) is 12.7 Å². The summed E-state index contributed by atoms with van der Waals surface area (Å²) < 4.78 is 42.3. The molecule has 4 heteroatoms. The number of hydrogen-bond acceptors (Lipinski definition) is 1. The second-order valence-corrected chi connectivity index (χ2v) is 3.31. The normalized spacial score (nSPS) is 20.9. The second-order valence-electron chi connectivity index (χ2n) is 3.31. The molecule has 0 N–H and O–H groups in total. The monoisotopic (exact) mass is 202 g/mol. The average molecular weight is 202 g/mol. The summed E-state index contributed by atoms with van der Waals surface area (Å²) in [6.07, 6.45) is -3.92. The number of rotatable bonds is 2. The minimum Gasteiger partial charge on any atom is -0.373 e. The molecule has 0 radical (unpaired) electrons. The number of benzene rings is 1. The van der Waals surface area contributed by atoms with Gasteiger partial charge in [-0.25, -0.2) is 0 Å². The Morgan fingerprint density at radius 3 is 2.50 bits per heavy atom. The summed E-state index contributed by atoms with van der Waals surface area (Å²) in [4.78, 5) is 0. The summed E-state index contributed by atoms with van der Waals surface area (Å²) in [6.45, 7) is 0.576. The van der Waals surface area contributed by atoms with E-state index in [0.29, 0.717) is 18.6 Å². The molecule has 1 aromatic carbocycles. The van der Waals surface area contributed by atoms with Crippen LogP contribution < -0.4 is 0 Å². The van der Waals surface area contributed by atoms with Crippen molar-refractivity contribution in [3.63, 3.8) is 0 Å². The van der Waals surface area contributed by atoms with Crippen LogP contribution >= 0.6 is 0 Å². The summed E-state index contributed by atoms with van der Waals surface area (Å²) in [5, 5.41) is 0. The fraction of sp³-hybridized carbons (Fsp3) is 0.400. The Kier molecular flexibility index (Phi) is 2.23. The van der Waals surface area contributed by atoms with Crippen molar-refractivity contribution < 1.29 is 17.9 Å². The van der Waals surface area contributed by atoms with Gasteiger partial charge in [0.15, 0.2) is 0 Å². The highest BCUT2D eigenvalue weighted by atomic mass is 19.4. The lowest BCUT2D eigenvalue weighted by molar-refractivity contribution is -0.138. The van der Waals surface area contributed by atoms with Crippen molar-refractivity contribution in [1.82, 2.24) is 0 Å². The molecule has 14 heavy (non-hydrogen) atoms. The fourth-order valence-electron chi connectivity index (χ4n) is 1.41. The smallest absolute Gasteiger partial charge is 0.373 e. The molecule has 1 atom stereocenters. The topological polar surface area (TPSA) is 12.5 Å². The summed E-state index contributed by atoms with van der Waals surface area (Å²) >= 11 is 0. The van der Waals surface area contributed by atoms with E-state index < -0.39 is 11.7 Å². The third-order valence-electron chi connectivity index (χ3n) is 2.17. The summed E-state index contributed by atoms with van der Waals surface area (Å²) in [5.74, 6) is 0. The quantitative estimate of drug-likeness (QED) is 0.671. The van der Waals surface area contributed by atoms with Crippen LogP contribution in [0.5, 0.6) is 0 Å². The maximum Gasteiger partial charge on any atom is 0.416 e. The first-order valence-corrected chi connectivity index (χ1v) is 4.34. The van der Waals surface area contributed by atoms with Crippen LogP contribution in [0.2, 0.25) is 0 Å². The molecule has 1 aliphatic rings. The molecule has 1 nitrogen and oxygen atoms in total. The summed E-state index contributed by atoms with van der Waals surface area (Å²) in [5.41, 5.74) is -0.224. The van der Waals surface area contributed by atoms with Crippen LogP contribution in [0, 0.1) is 0 Å². The molecule has 76 valence electrons. The van der Waals surface area contributed by atoms with Crippen molar-refractivity contribution in [1.29, 1.82) is 0 Å². The van der Waals surface area contributed by atoms with Gasteiger partial charge in [0.2, 0.25) is 0 Å². The molecule has 0 spiro atoms. The van der Waals surface area contributed by atoms with Gasteiger partial charge in [0.05, 0.1) is 18.3 Å². The molecule has 1 aromatic rings. The lowest BCUT2D eigenvalue weighted by atomic mass is 10.0. The third-order valence-corrected chi connectivity index (χ3v) is 2.17. The average Bonchev–Trinajstić information content (AvgIpc) is 2.87. The van der Waals surface area contributed by atoms with Crippen LogP contribution in [0.3, 0.4) is 0 Å². The second kappa shape index (κ2) is 3.28. The van der Waals surface area contributed by atoms with Gasteiger partial charge in [-0.1, -0.05) is 18.2 Å². The van der Waals surface area contributed by atoms with Crippen molar-refractivity contribution in [3.05, 3.63) is 35.4 Å². The SMILES string of the molecule is FC(F)(F)c1ccccc1CC1CO1. The summed E-state index contributed by atoms with van der Waals surface area (Å²) in [6, 6.07) is 5.63. The van der Waals surface area contributed by atoms with E-state index in [1.54, 1.807) is 6.07 Å². The molecule has 1 unspecified atom stereocenters. The van der Waals surface area contributed by atoms with Gasteiger partial charge >= 0.3 is 6.18 Å². The predicted molar refractivity (Wildman–Crippen MR) is 44.9 cm³/mol. The van der Waals surface area contributed by atoms with Crippen LogP contribution in [0.25, 0.3) is 0 Å². The van der Waals surface area contributed by atoms with E-state index in [2.05, 4.69) is 0 Å². The molecule has 1 aliphatic heterocycles. The molecule has 0 aliphatic carbocycles. The Morgan fingerprint density at radius 1 is 1.29 bits per heavy atom. The first-order chi connectivity index (χ1) is 6.57. The van der Waals surface area contributed by atoms with Crippen molar-refractivity contribution in [3.8, 4) is 0 Å². The number of hydrogen-bond donors (Lipinski definition) is 0. The standard InChI is InChI=1S/C10H9F3O/c11-10(12,13)9-4-2-1-3-7(9)5-8-6-14-8/h1-4,8H,5-6H2. The Morgan fingerprint density at radius 2 is 1.93 bits per heavy atom. The third kappa shape index (κ3) is 2.07. The van der Waals surface area contributed by atoms with E-state index >= 15 is 0 Å². The Hall–Kier alpha value is -1.03. The number of halogens is 3. The molecular formula is C10H9F3O. The van der Waals surface area contributed by atoms with E-state index in [0.717, 1.165) is 6.07 Å². The van der Waals surface area contributed by atoms with Gasteiger partial charge < -0.3 is 4.74 Å². The highest BCUT2D eigenvalue weighted by molar-refractivity contribution is 5.30. The molecule has 0 amide bonds. The van der Waals surface area contributed by atoms with Gasteiger partial charge in [-0.15, -0.1) is 0 Å². The lowest BCUT2D eigenvalue weighted by Crippen LogP contribution is -2.10. The van der Waals surface area contributed by atoms with Gasteiger partial charge in [-0.3, -0.25) is 0 Å². The van der Waals surface area contributed by atoms with E-state index in [1.165, 1.54) is 12.1 Å². The lowest BCUT2D eigenvalue weighted by Gasteiger charge is -2.11. The molecular weight excluding hydrogens is 193 g/mol. The highest BCUT2D eigenvalue weighted by Crippen LogP contribution is 2.33. The maximum atomic E-state index is 12.5. The van der Waals surface area contributed by atoms with Gasteiger partial charge in [0.1, 0.15) is 0 Å². The number of ether oxygens (including phenoxy) is 1. The minimum absolute atomic E-state index is 0.0153. The zero-order valence-corrected chi connectivity index (χ0v) is 7.34. The Labute approximate surface area is 79.5 Å². The van der Waals surface area contributed by atoms with E-state index in [9.17, 15) is 13.2 Å². The zero-order valence-electron chi connectivity index (χ0n) is 7.34. The predicted octanol–water partition coefficient (Wildman–Crippen LogP) is 2.65. The molecule has 1 fully saturated rings. The van der Waals surface area contributed by atoms with Gasteiger partial charge in [0, 0.05) is 6.42 Å².